The van der Waals surface area contributed by atoms with Crippen LogP contribution in [0.4, 0.5) is 0 Å². The average molecular weight is 533 g/mol. The Kier molecular flexibility index (Phi) is 8.94. The molecule has 0 heterocycles. The molecule has 0 aliphatic rings. The van der Waals surface area contributed by atoms with Crippen LogP contribution in [0.1, 0.15) is 182 Å². The Hall–Kier alpha value is -1.56. The van der Waals surface area contributed by atoms with Crippen molar-refractivity contribution in [1.29, 1.82) is 0 Å². The van der Waals surface area contributed by atoms with Gasteiger partial charge in [-0.25, -0.2) is 0 Å². The molecule has 0 radical (unpaired) electrons. The molecule has 0 aliphatic heterocycles. The number of hydrogen-bond donors (Lipinski definition) is 0. The SMILES string of the molecule is CC(Cc1cc(C(C)(C)C)c(C(C)(C)C)c(C(C)(C)C)c1C(C)(C)C)c1ccc(C(C)(C)C)c(C(C)(C)C)c1. The highest BCUT2D eigenvalue weighted by Crippen LogP contribution is 2.48. The van der Waals surface area contributed by atoms with Gasteiger partial charge in [-0.05, 0) is 89.3 Å². The van der Waals surface area contributed by atoms with Crippen LogP contribution in [0.15, 0.2) is 24.3 Å². The lowest BCUT2D eigenvalue weighted by Gasteiger charge is -2.42. The molecule has 2 aromatic rings. The molecule has 0 heteroatoms. The second-order valence-electron chi connectivity index (χ2n) is 18.6. The normalized spacial score (nSPS) is 15.1. The minimum Gasteiger partial charge on any atom is -0.0584 e. The van der Waals surface area contributed by atoms with Crippen molar-refractivity contribution < 1.29 is 0 Å². The highest BCUT2D eigenvalue weighted by molar-refractivity contribution is 5.57. The van der Waals surface area contributed by atoms with Gasteiger partial charge < -0.3 is 0 Å². The summed E-state index contributed by atoms with van der Waals surface area (Å²) < 4.78 is 0. The average Bonchev–Trinajstić information content (AvgIpc) is 2.68. The van der Waals surface area contributed by atoms with Gasteiger partial charge in [-0.1, -0.05) is 156 Å². The number of rotatable bonds is 3. The summed E-state index contributed by atoms with van der Waals surface area (Å²) in [5.74, 6) is 0.433. The van der Waals surface area contributed by atoms with Gasteiger partial charge in [-0.3, -0.25) is 0 Å². The molecule has 0 saturated heterocycles. The van der Waals surface area contributed by atoms with Crippen molar-refractivity contribution in [3.05, 3.63) is 68.8 Å². The van der Waals surface area contributed by atoms with E-state index in [0.29, 0.717) is 5.92 Å². The third-order valence-corrected chi connectivity index (χ3v) is 8.22. The maximum absolute atomic E-state index is 2.61. The minimum atomic E-state index is 0.0538. The van der Waals surface area contributed by atoms with Crippen LogP contribution in [-0.4, -0.2) is 0 Å². The molecule has 220 valence electrons. The lowest BCUT2D eigenvalue weighted by Crippen LogP contribution is -2.33. The van der Waals surface area contributed by atoms with Gasteiger partial charge in [0, 0.05) is 0 Å². The van der Waals surface area contributed by atoms with Gasteiger partial charge in [0.05, 0.1) is 0 Å². The Morgan fingerprint density at radius 1 is 0.436 bits per heavy atom. The van der Waals surface area contributed by atoms with E-state index in [0.717, 1.165) is 6.42 Å². The van der Waals surface area contributed by atoms with Gasteiger partial charge >= 0.3 is 0 Å². The maximum atomic E-state index is 2.61. The molecular formula is C39H64. The van der Waals surface area contributed by atoms with E-state index in [-0.39, 0.29) is 32.5 Å². The first-order valence-electron chi connectivity index (χ1n) is 15.4. The van der Waals surface area contributed by atoms with Crippen molar-refractivity contribution in [2.24, 2.45) is 0 Å². The van der Waals surface area contributed by atoms with Crippen molar-refractivity contribution >= 4 is 0 Å². The molecule has 0 saturated carbocycles. The van der Waals surface area contributed by atoms with Crippen LogP contribution in [-0.2, 0) is 38.9 Å². The predicted octanol–water partition coefficient (Wildman–Crippen LogP) is 11.8. The van der Waals surface area contributed by atoms with Gasteiger partial charge in [-0.2, -0.15) is 0 Å². The second kappa shape index (κ2) is 10.4. The van der Waals surface area contributed by atoms with Crippen LogP contribution < -0.4 is 0 Å². The second-order valence-corrected chi connectivity index (χ2v) is 18.6. The Bertz CT molecular complexity index is 1160. The molecule has 2 rings (SSSR count). The van der Waals surface area contributed by atoms with Crippen molar-refractivity contribution in [1.82, 2.24) is 0 Å². The summed E-state index contributed by atoms with van der Waals surface area (Å²) in [6, 6.07) is 9.97. The molecule has 39 heavy (non-hydrogen) atoms. The molecule has 0 fully saturated rings. The first kappa shape index (κ1) is 33.6. The molecule has 0 bridgehead atoms. The Morgan fingerprint density at radius 2 is 0.846 bits per heavy atom. The summed E-state index contributed by atoms with van der Waals surface area (Å²) >= 11 is 0. The van der Waals surface area contributed by atoms with Crippen LogP contribution in [0.25, 0.3) is 0 Å². The van der Waals surface area contributed by atoms with Crippen molar-refractivity contribution in [3.8, 4) is 0 Å². The Morgan fingerprint density at radius 3 is 1.21 bits per heavy atom. The summed E-state index contributed by atoms with van der Waals surface area (Å²) in [7, 11) is 0. The molecular weight excluding hydrogens is 468 g/mol. The van der Waals surface area contributed by atoms with Crippen molar-refractivity contribution in [2.75, 3.05) is 0 Å². The number of hydrogen-bond acceptors (Lipinski definition) is 0. The number of benzene rings is 2. The third-order valence-electron chi connectivity index (χ3n) is 8.22. The molecule has 0 spiro atoms. The summed E-state index contributed by atoms with van der Waals surface area (Å²) in [5, 5.41) is 0. The summed E-state index contributed by atoms with van der Waals surface area (Å²) in [6.45, 7) is 45.5. The molecule has 0 aliphatic carbocycles. The molecule has 0 amide bonds. The fourth-order valence-electron chi connectivity index (χ4n) is 6.47. The van der Waals surface area contributed by atoms with Crippen LogP contribution in [0, 0.1) is 0 Å². The van der Waals surface area contributed by atoms with Crippen LogP contribution >= 0.6 is 0 Å². The first-order valence-corrected chi connectivity index (χ1v) is 15.4. The van der Waals surface area contributed by atoms with E-state index in [1.165, 1.54) is 27.8 Å². The largest absolute Gasteiger partial charge is 0.0584 e. The summed E-state index contributed by atoms with van der Waals surface area (Å²) in [4.78, 5) is 0. The zero-order chi connectivity index (χ0) is 30.7. The van der Waals surface area contributed by atoms with E-state index < -0.39 is 0 Å². The molecule has 0 aromatic heterocycles. The van der Waals surface area contributed by atoms with Crippen LogP contribution in [0.3, 0.4) is 0 Å². The van der Waals surface area contributed by atoms with E-state index in [2.05, 4.69) is 156 Å². The van der Waals surface area contributed by atoms with Crippen molar-refractivity contribution in [3.63, 3.8) is 0 Å². The van der Waals surface area contributed by atoms with Crippen molar-refractivity contribution in [2.45, 2.75) is 176 Å². The van der Waals surface area contributed by atoms with E-state index in [1.54, 1.807) is 16.7 Å². The Labute approximate surface area is 244 Å². The lowest BCUT2D eigenvalue weighted by molar-refractivity contribution is 0.472. The minimum absolute atomic E-state index is 0.0538. The van der Waals surface area contributed by atoms with Gasteiger partial charge in [0.2, 0.25) is 0 Å². The van der Waals surface area contributed by atoms with E-state index in [4.69, 9.17) is 0 Å². The maximum Gasteiger partial charge on any atom is -0.0126 e. The highest BCUT2D eigenvalue weighted by Gasteiger charge is 2.38. The summed E-state index contributed by atoms with van der Waals surface area (Å²) in [6.07, 6.45) is 1.06. The van der Waals surface area contributed by atoms with E-state index in [9.17, 15) is 0 Å². The molecule has 0 nitrogen and oxygen atoms in total. The van der Waals surface area contributed by atoms with Gasteiger partial charge in [0.1, 0.15) is 0 Å². The zero-order valence-corrected chi connectivity index (χ0v) is 29.6. The quantitative estimate of drug-likeness (QED) is 0.369. The monoisotopic (exact) mass is 533 g/mol. The summed E-state index contributed by atoms with van der Waals surface area (Å²) in [5.41, 5.74) is 12.7. The fraction of sp³-hybridized carbons (Fsp3) is 0.692. The third kappa shape index (κ3) is 7.59. The lowest BCUT2D eigenvalue weighted by atomic mass is 9.62. The van der Waals surface area contributed by atoms with Gasteiger partial charge in [0.15, 0.2) is 0 Å². The first-order chi connectivity index (χ1) is 17.1. The Balaban J connectivity index is 2.93. The van der Waals surface area contributed by atoms with Crippen LogP contribution in [0.5, 0.6) is 0 Å². The van der Waals surface area contributed by atoms with Gasteiger partial charge in [-0.15, -0.1) is 0 Å². The van der Waals surface area contributed by atoms with E-state index in [1.807, 2.05) is 0 Å². The van der Waals surface area contributed by atoms with Gasteiger partial charge in [0.25, 0.3) is 0 Å². The highest BCUT2D eigenvalue weighted by atomic mass is 14.4. The zero-order valence-electron chi connectivity index (χ0n) is 29.6. The smallest absolute Gasteiger partial charge is 0.0126 e. The molecule has 2 aromatic carbocycles. The van der Waals surface area contributed by atoms with E-state index >= 15 is 0 Å². The fourth-order valence-corrected chi connectivity index (χ4v) is 6.47. The molecule has 1 unspecified atom stereocenters. The van der Waals surface area contributed by atoms with Crippen LogP contribution in [0.2, 0.25) is 0 Å². The standard InChI is InChI=1S/C39H64/c1-25(26-20-21-28(34(2,3)4)29(23-26)35(5,6)7)22-27-24-30(36(8,9)10)32(38(14,15)16)33(39(17,18)19)31(27)37(11,12)13/h20-21,23-25H,22H2,1-19H3. The molecule has 1 atom stereocenters. The molecule has 0 N–H and O–H groups in total. The topological polar surface area (TPSA) is 0 Å². The predicted molar refractivity (Wildman–Crippen MR) is 177 cm³/mol.